The topological polar surface area (TPSA) is 63.3 Å². The molecule has 1 atom stereocenters. The smallest absolute Gasteiger partial charge is 0.318 e. The molecule has 3 nitrogen and oxygen atoms in total. The normalized spacial score (nSPS) is 11.8. The van der Waals surface area contributed by atoms with Gasteiger partial charge in [-0.05, 0) is 0 Å². The van der Waals surface area contributed by atoms with E-state index < -0.39 is 10.8 Å². The van der Waals surface area contributed by atoms with Gasteiger partial charge in [0.05, 0.1) is 0 Å². The number of aliphatic carboxylic acids is 1. The Balaban J connectivity index is 0. The molecule has 0 radical (unpaired) electrons. The average molecular weight is 204 g/mol. The second-order valence-corrected chi connectivity index (χ2v) is 2.15. The molecule has 0 aliphatic carbocycles. The van der Waals surface area contributed by atoms with Gasteiger partial charge >= 0.3 is 5.97 Å². The van der Waals surface area contributed by atoms with Crippen molar-refractivity contribution >= 4 is 34.3 Å². The number of hydrogen-bond acceptors (Lipinski definition) is 2. The van der Waals surface area contributed by atoms with Crippen molar-refractivity contribution in [2.45, 2.75) is 4.83 Å². The summed E-state index contributed by atoms with van der Waals surface area (Å²) >= 11 is 2.82. The Labute approximate surface area is 61.8 Å². The zero-order valence-electron chi connectivity index (χ0n) is 4.00. The fraction of sp³-hybridized carbons (Fsp3) is 0.667. The average Bonchev–Trinajstić information content (AvgIpc) is 1.65. The quantitative estimate of drug-likeness (QED) is 0.632. The van der Waals surface area contributed by atoms with Gasteiger partial charge in [-0.2, -0.15) is 0 Å². The number of halogens is 2. The molecule has 0 amide bonds. The van der Waals surface area contributed by atoms with Crippen LogP contribution < -0.4 is 5.73 Å². The highest BCUT2D eigenvalue weighted by molar-refractivity contribution is 9.10. The SMILES string of the molecule is Cl.NCC(Br)C(=O)O. The summed E-state index contributed by atoms with van der Waals surface area (Å²) in [4.78, 5) is 9.21. The van der Waals surface area contributed by atoms with Gasteiger partial charge in [-0.15, -0.1) is 12.4 Å². The van der Waals surface area contributed by atoms with Crippen LogP contribution in [0.2, 0.25) is 0 Å². The molecule has 50 valence electrons. The first-order valence-corrected chi connectivity index (χ1v) is 2.67. The molecule has 3 N–H and O–H groups in total. The molecule has 1 unspecified atom stereocenters. The van der Waals surface area contributed by atoms with E-state index in [1.165, 1.54) is 0 Å². The second kappa shape index (κ2) is 5.34. The third-order valence-corrected chi connectivity index (χ3v) is 1.24. The van der Waals surface area contributed by atoms with Crippen LogP contribution in [0.4, 0.5) is 0 Å². The van der Waals surface area contributed by atoms with Crippen LogP contribution in [0.25, 0.3) is 0 Å². The van der Waals surface area contributed by atoms with Crippen LogP contribution in [-0.4, -0.2) is 22.4 Å². The zero-order valence-corrected chi connectivity index (χ0v) is 6.41. The first kappa shape index (κ1) is 11.1. The number of carbonyl (C=O) groups is 1. The molecule has 0 saturated carbocycles. The maximum Gasteiger partial charge on any atom is 0.318 e. The van der Waals surface area contributed by atoms with Crippen molar-refractivity contribution in [3.63, 3.8) is 0 Å². The number of carboxylic acids is 1. The largest absolute Gasteiger partial charge is 0.480 e. The number of carboxylic acid groups (broad SMARTS) is 1. The van der Waals surface area contributed by atoms with E-state index in [1.54, 1.807) is 0 Å². The lowest BCUT2D eigenvalue weighted by molar-refractivity contribution is -0.136. The summed E-state index contributed by atoms with van der Waals surface area (Å²) < 4.78 is 0. The van der Waals surface area contributed by atoms with Gasteiger partial charge in [0.15, 0.2) is 0 Å². The van der Waals surface area contributed by atoms with Crippen LogP contribution >= 0.6 is 28.3 Å². The number of hydrogen-bond donors (Lipinski definition) is 2. The van der Waals surface area contributed by atoms with Crippen molar-refractivity contribution in [1.29, 1.82) is 0 Å². The van der Waals surface area contributed by atoms with Crippen LogP contribution in [0, 0.1) is 0 Å². The molecule has 8 heavy (non-hydrogen) atoms. The van der Waals surface area contributed by atoms with E-state index in [4.69, 9.17) is 10.8 Å². The lowest BCUT2D eigenvalue weighted by Crippen LogP contribution is -2.22. The van der Waals surface area contributed by atoms with Gasteiger partial charge in [0.1, 0.15) is 4.83 Å². The highest BCUT2D eigenvalue weighted by atomic mass is 79.9. The summed E-state index contributed by atoms with van der Waals surface area (Å²) in [6.45, 7) is 0.134. The summed E-state index contributed by atoms with van der Waals surface area (Å²) in [6, 6.07) is 0. The summed E-state index contributed by atoms with van der Waals surface area (Å²) in [5.41, 5.74) is 4.95. The molecule has 0 aromatic rings. The van der Waals surface area contributed by atoms with E-state index in [1.807, 2.05) is 0 Å². The van der Waals surface area contributed by atoms with E-state index in [0.717, 1.165) is 0 Å². The predicted molar refractivity (Wildman–Crippen MR) is 36.7 cm³/mol. The summed E-state index contributed by atoms with van der Waals surface area (Å²) in [5, 5.41) is 8.06. The summed E-state index contributed by atoms with van der Waals surface area (Å²) in [5.74, 6) is -0.914. The monoisotopic (exact) mass is 203 g/mol. The van der Waals surface area contributed by atoms with Crippen molar-refractivity contribution in [3.05, 3.63) is 0 Å². The highest BCUT2D eigenvalue weighted by Gasteiger charge is 2.07. The van der Waals surface area contributed by atoms with E-state index in [-0.39, 0.29) is 19.0 Å². The number of rotatable bonds is 2. The summed E-state index contributed by atoms with van der Waals surface area (Å²) in [6.07, 6.45) is 0. The van der Waals surface area contributed by atoms with Crippen molar-refractivity contribution in [2.75, 3.05) is 6.54 Å². The molecule has 0 bridgehead atoms. The molecule has 0 aromatic heterocycles. The summed E-state index contributed by atoms with van der Waals surface area (Å²) in [7, 11) is 0. The zero-order chi connectivity index (χ0) is 5.86. The molecule has 0 heterocycles. The Kier molecular flexibility index (Phi) is 7.38. The Morgan fingerprint density at radius 1 is 1.88 bits per heavy atom. The van der Waals surface area contributed by atoms with E-state index in [0.29, 0.717) is 0 Å². The van der Waals surface area contributed by atoms with Crippen molar-refractivity contribution in [1.82, 2.24) is 0 Å². The molecule has 0 aromatic carbocycles. The molecule has 0 rings (SSSR count). The maximum absolute atomic E-state index is 9.80. The maximum atomic E-state index is 9.80. The molecule has 0 aliphatic heterocycles. The second-order valence-electron chi connectivity index (χ2n) is 1.04. The molecule has 5 heteroatoms. The highest BCUT2D eigenvalue weighted by Crippen LogP contribution is 1.93. The first-order chi connectivity index (χ1) is 3.18. The minimum Gasteiger partial charge on any atom is -0.480 e. The first-order valence-electron chi connectivity index (χ1n) is 1.75. The standard InChI is InChI=1S/C3H6BrNO2.ClH/c4-2(1-5)3(6)7;/h2H,1,5H2,(H,6,7);1H. The van der Waals surface area contributed by atoms with Crippen LogP contribution in [-0.2, 0) is 4.79 Å². The molecule has 0 spiro atoms. The molecular weight excluding hydrogens is 197 g/mol. The fourth-order valence-electron chi connectivity index (χ4n) is 0.101. The van der Waals surface area contributed by atoms with Crippen molar-refractivity contribution < 1.29 is 9.90 Å². The molecule has 0 fully saturated rings. The van der Waals surface area contributed by atoms with E-state index in [9.17, 15) is 4.79 Å². The van der Waals surface area contributed by atoms with Gasteiger partial charge in [0.2, 0.25) is 0 Å². The van der Waals surface area contributed by atoms with E-state index in [2.05, 4.69) is 15.9 Å². The lowest BCUT2D eigenvalue weighted by atomic mass is 10.4. The number of nitrogens with two attached hydrogens (primary N) is 1. The number of alkyl halides is 1. The van der Waals surface area contributed by atoms with Crippen LogP contribution in [0.1, 0.15) is 0 Å². The van der Waals surface area contributed by atoms with Crippen LogP contribution in [0.15, 0.2) is 0 Å². The van der Waals surface area contributed by atoms with Gasteiger partial charge in [0.25, 0.3) is 0 Å². The van der Waals surface area contributed by atoms with Gasteiger partial charge in [-0.25, -0.2) is 0 Å². The Morgan fingerprint density at radius 3 is 2.25 bits per heavy atom. The third-order valence-electron chi connectivity index (χ3n) is 0.475. The third kappa shape index (κ3) is 4.36. The fourth-order valence-corrected chi connectivity index (χ4v) is 0.101. The van der Waals surface area contributed by atoms with Crippen molar-refractivity contribution in [2.24, 2.45) is 5.73 Å². The van der Waals surface area contributed by atoms with Gasteiger partial charge < -0.3 is 10.8 Å². The van der Waals surface area contributed by atoms with Crippen LogP contribution in [0.3, 0.4) is 0 Å². The Morgan fingerprint density at radius 2 is 2.25 bits per heavy atom. The van der Waals surface area contributed by atoms with Gasteiger partial charge in [0, 0.05) is 6.54 Å². The Hall–Kier alpha value is 0.200. The Bertz CT molecular complexity index is 79.7. The van der Waals surface area contributed by atoms with Gasteiger partial charge in [-0.1, -0.05) is 15.9 Å². The van der Waals surface area contributed by atoms with E-state index >= 15 is 0 Å². The minimum absolute atomic E-state index is 0. The molecule has 0 saturated heterocycles. The predicted octanol–water partition coefficient (Wildman–Crippen LogP) is 0.215. The minimum atomic E-state index is -0.914. The van der Waals surface area contributed by atoms with Gasteiger partial charge in [-0.3, -0.25) is 4.79 Å². The van der Waals surface area contributed by atoms with Crippen LogP contribution in [0.5, 0.6) is 0 Å². The van der Waals surface area contributed by atoms with Crippen molar-refractivity contribution in [3.8, 4) is 0 Å². The molecular formula is C3H7BrClNO2. The molecule has 0 aliphatic rings. The lowest BCUT2D eigenvalue weighted by Gasteiger charge is -1.94.